The number of aryl methyl sites for hydroxylation is 1. The molecular weight excluding hydrogens is 228 g/mol. The molecule has 1 aromatic rings. The second-order valence-electron chi connectivity index (χ2n) is 4.13. The molecule has 0 bridgehead atoms. The summed E-state index contributed by atoms with van der Waals surface area (Å²) in [6.45, 7) is 1.99. The van der Waals surface area contributed by atoms with Gasteiger partial charge in [-0.25, -0.2) is 4.79 Å². The van der Waals surface area contributed by atoms with E-state index in [9.17, 15) is 4.79 Å². The van der Waals surface area contributed by atoms with Crippen molar-refractivity contribution in [2.45, 2.75) is 13.3 Å². The Balaban J connectivity index is 2.89. The molecule has 1 rings (SSSR count). The number of carbonyl (C=O) groups excluding carboxylic acids is 1. The topological polar surface area (TPSA) is 52.6 Å². The van der Waals surface area contributed by atoms with Gasteiger partial charge in [0.25, 0.3) is 0 Å². The van der Waals surface area contributed by atoms with Crippen LogP contribution in [0.2, 0.25) is 0 Å². The fourth-order valence-electron chi connectivity index (χ4n) is 1.28. The van der Waals surface area contributed by atoms with Crippen molar-refractivity contribution < 1.29 is 9.90 Å². The number of nitrogens with zero attached hydrogens (tertiary/aromatic N) is 1. The lowest BCUT2D eigenvalue weighted by molar-refractivity contribution is 0.230. The number of nitrogens with one attached hydrogen (secondary N) is 1. The number of carbonyl (C=O) groups is 1. The lowest BCUT2D eigenvalue weighted by Crippen LogP contribution is -2.27. The van der Waals surface area contributed by atoms with E-state index in [4.69, 9.17) is 5.11 Å². The van der Waals surface area contributed by atoms with Crippen LogP contribution in [0.1, 0.15) is 17.5 Å². The van der Waals surface area contributed by atoms with Crippen molar-refractivity contribution >= 4 is 11.7 Å². The van der Waals surface area contributed by atoms with Gasteiger partial charge in [-0.15, -0.1) is 0 Å². The summed E-state index contributed by atoms with van der Waals surface area (Å²) in [7, 11) is 3.38. The van der Waals surface area contributed by atoms with Gasteiger partial charge >= 0.3 is 6.03 Å². The highest BCUT2D eigenvalue weighted by Gasteiger charge is 2.06. The van der Waals surface area contributed by atoms with Crippen molar-refractivity contribution in [3.05, 3.63) is 29.3 Å². The molecular formula is C14H18N2O2. The Morgan fingerprint density at radius 1 is 1.44 bits per heavy atom. The fraction of sp³-hybridized carbons (Fsp3) is 0.357. The van der Waals surface area contributed by atoms with E-state index in [0.717, 1.165) is 16.8 Å². The Bertz CT molecular complexity index is 484. The third-order valence-corrected chi connectivity index (χ3v) is 2.35. The van der Waals surface area contributed by atoms with E-state index in [1.54, 1.807) is 14.1 Å². The Morgan fingerprint density at radius 3 is 2.78 bits per heavy atom. The molecule has 0 aliphatic rings. The van der Waals surface area contributed by atoms with E-state index in [1.807, 2.05) is 25.1 Å². The normalized spacial score (nSPS) is 9.33. The second kappa shape index (κ2) is 6.67. The molecule has 0 heterocycles. The van der Waals surface area contributed by atoms with Gasteiger partial charge in [-0.2, -0.15) is 0 Å². The van der Waals surface area contributed by atoms with E-state index in [0.29, 0.717) is 6.42 Å². The zero-order valence-corrected chi connectivity index (χ0v) is 10.9. The van der Waals surface area contributed by atoms with Crippen LogP contribution in [0.25, 0.3) is 0 Å². The first-order valence-corrected chi connectivity index (χ1v) is 5.73. The smallest absolute Gasteiger partial charge is 0.321 e. The zero-order chi connectivity index (χ0) is 13.5. The van der Waals surface area contributed by atoms with Crippen molar-refractivity contribution in [3.8, 4) is 11.8 Å². The van der Waals surface area contributed by atoms with Crippen molar-refractivity contribution in [2.75, 3.05) is 26.0 Å². The van der Waals surface area contributed by atoms with Crippen LogP contribution in [0.5, 0.6) is 0 Å². The van der Waals surface area contributed by atoms with Gasteiger partial charge in [0.2, 0.25) is 0 Å². The summed E-state index contributed by atoms with van der Waals surface area (Å²) >= 11 is 0. The maximum Gasteiger partial charge on any atom is 0.321 e. The number of hydrogen-bond donors (Lipinski definition) is 2. The Morgan fingerprint density at radius 2 is 2.17 bits per heavy atom. The highest BCUT2D eigenvalue weighted by atomic mass is 16.2. The van der Waals surface area contributed by atoms with Crippen LogP contribution in [-0.2, 0) is 0 Å². The number of aliphatic hydroxyl groups is 1. The molecule has 0 spiro atoms. The minimum atomic E-state index is -0.168. The molecule has 0 aromatic heterocycles. The second-order valence-corrected chi connectivity index (χ2v) is 4.13. The van der Waals surface area contributed by atoms with Gasteiger partial charge in [-0.3, -0.25) is 0 Å². The van der Waals surface area contributed by atoms with Gasteiger partial charge in [-0.05, 0) is 24.6 Å². The summed E-state index contributed by atoms with van der Waals surface area (Å²) in [6.07, 6.45) is 0.452. The molecule has 0 saturated heterocycles. The van der Waals surface area contributed by atoms with Crippen LogP contribution in [0.4, 0.5) is 10.5 Å². The first-order valence-electron chi connectivity index (χ1n) is 5.73. The van der Waals surface area contributed by atoms with E-state index in [-0.39, 0.29) is 12.6 Å². The molecule has 1 aromatic carbocycles. The van der Waals surface area contributed by atoms with E-state index < -0.39 is 0 Å². The Kier molecular flexibility index (Phi) is 5.22. The molecule has 0 radical (unpaired) electrons. The average molecular weight is 246 g/mol. The molecule has 96 valence electrons. The SMILES string of the molecule is Cc1ccc(C#CCCO)cc1NC(=O)N(C)C. The molecule has 0 atom stereocenters. The number of rotatable bonds is 2. The first-order chi connectivity index (χ1) is 8.54. The molecule has 18 heavy (non-hydrogen) atoms. The summed E-state index contributed by atoms with van der Waals surface area (Å²) in [5, 5.41) is 11.5. The fourth-order valence-corrected chi connectivity index (χ4v) is 1.28. The average Bonchev–Trinajstić information content (AvgIpc) is 2.33. The van der Waals surface area contributed by atoms with Gasteiger partial charge in [-0.1, -0.05) is 17.9 Å². The third kappa shape index (κ3) is 4.11. The van der Waals surface area contributed by atoms with Gasteiger partial charge in [0.15, 0.2) is 0 Å². The highest BCUT2D eigenvalue weighted by molar-refractivity contribution is 5.90. The summed E-state index contributed by atoms with van der Waals surface area (Å²) in [4.78, 5) is 13.1. The van der Waals surface area contributed by atoms with Crippen LogP contribution < -0.4 is 5.32 Å². The van der Waals surface area contributed by atoms with Crippen molar-refractivity contribution in [3.63, 3.8) is 0 Å². The summed E-state index contributed by atoms with van der Waals surface area (Å²) in [5.74, 6) is 5.79. The quantitative estimate of drug-likeness (QED) is 0.782. The van der Waals surface area contributed by atoms with Crippen LogP contribution in [0, 0.1) is 18.8 Å². The lowest BCUT2D eigenvalue weighted by atomic mass is 10.1. The molecule has 0 unspecified atom stereocenters. The first kappa shape index (κ1) is 14.1. The predicted molar refractivity (Wildman–Crippen MR) is 72.5 cm³/mol. The summed E-state index contributed by atoms with van der Waals surface area (Å²) in [5.41, 5.74) is 2.56. The van der Waals surface area contributed by atoms with E-state index >= 15 is 0 Å². The third-order valence-electron chi connectivity index (χ3n) is 2.35. The number of anilines is 1. The number of aliphatic hydroxyl groups excluding tert-OH is 1. The van der Waals surface area contributed by atoms with E-state index in [2.05, 4.69) is 17.2 Å². The van der Waals surface area contributed by atoms with E-state index in [1.165, 1.54) is 4.90 Å². The molecule has 0 aliphatic heterocycles. The van der Waals surface area contributed by atoms with Gasteiger partial charge in [0.1, 0.15) is 0 Å². The van der Waals surface area contributed by atoms with Gasteiger partial charge in [0, 0.05) is 31.8 Å². The molecule has 2 amide bonds. The summed E-state index contributed by atoms with van der Waals surface area (Å²) < 4.78 is 0. The lowest BCUT2D eigenvalue weighted by Gasteiger charge is -2.13. The minimum absolute atomic E-state index is 0.0586. The zero-order valence-electron chi connectivity index (χ0n) is 10.9. The van der Waals surface area contributed by atoms with Crippen molar-refractivity contribution in [1.82, 2.24) is 4.90 Å². The number of urea groups is 1. The van der Waals surface area contributed by atoms with Crippen LogP contribution in [-0.4, -0.2) is 36.7 Å². The number of amides is 2. The van der Waals surface area contributed by atoms with Crippen molar-refractivity contribution in [2.24, 2.45) is 0 Å². The molecule has 0 saturated carbocycles. The Labute approximate surface area is 108 Å². The van der Waals surface area contributed by atoms with Crippen LogP contribution >= 0.6 is 0 Å². The summed E-state index contributed by atoms with van der Waals surface area (Å²) in [6, 6.07) is 5.47. The standard InChI is InChI=1S/C14H18N2O2/c1-11-7-8-12(6-4-5-9-17)10-13(11)15-14(18)16(2)3/h7-8,10,17H,5,9H2,1-3H3,(H,15,18). The number of hydrogen-bond acceptors (Lipinski definition) is 2. The van der Waals surface area contributed by atoms with Gasteiger partial charge < -0.3 is 15.3 Å². The molecule has 2 N–H and O–H groups in total. The largest absolute Gasteiger partial charge is 0.395 e. The maximum absolute atomic E-state index is 11.6. The Hall–Kier alpha value is -1.99. The monoisotopic (exact) mass is 246 g/mol. The molecule has 0 aliphatic carbocycles. The van der Waals surface area contributed by atoms with Crippen molar-refractivity contribution in [1.29, 1.82) is 0 Å². The minimum Gasteiger partial charge on any atom is -0.395 e. The van der Waals surface area contributed by atoms with Gasteiger partial charge in [0.05, 0.1) is 6.61 Å². The maximum atomic E-state index is 11.6. The molecule has 0 fully saturated rings. The molecule has 4 nitrogen and oxygen atoms in total. The predicted octanol–water partition coefficient (Wildman–Crippen LogP) is 1.82. The van der Waals surface area contributed by atoms with Crippen LogP contribution in [0.3, 0.4) is 0 Å². The highest BCUT2D eigenvalue weighted by Crippen LogP contribution is 2.16. The number of benzene rings is 1. The molecule has 4 heteroatoms. The van der Waals surface area contributed by atoms with Crippen LogP contribution in [0.15, 0.2) is 18.2 Å².